The fourth-order valence-electron chi connectivity index (χ4n) is 1.80. The van der Waals surface area contributed by atoms with Gasteiger partial charge in [0, 0.05) is 18.1 Å². The number of para-hydroxylation sites is 1. The van der Waals surface area contributed by atoms with Crippen LogP contribution in [0.25, 0.3) is 10.9 Å². The molecule has 0 amide bonds. The fourth-order valence-corrected chi connectivity index (χ4v) is 1.80. The second-order valence-corrected chi connectivity index (χ2v) is 3.74. The van der Waals surface area contributed by atoms with Crippen LogP contribution in [-0.2, 0) is 6.42 Å². The summed E-state index contributed by atoms with van der Waals surface area (Å²) in [5.41, 5.74) is 2.42. The van der Waals surface area contributed by atoms with E-state index < -0.39 is 0 Å². The highest BCUT2D eigenvalue weighted by Crippen LogP contribution is 2.15. The normalized spacial score (nSPS) is 10.5. The summed E-state index contributed by atoms with van der Waals surface area (Å²) in [6.07, 6.45) is 4.73. The summed E-state index contributed by atoms with van der Waals surface area (Å²) in [7, 11) is 0. The van der Waals surface area contributed by atoms with E-state index in [1.165, 1.54) is 10.9 Å². The molecule has 2 rings (SSSR count). The van der Waals surface area contributed by atoms with Crippen molar-refractivity contribution >= 4 is 10.9 Å². The zero-order chi connectivity index (χ0) is 11.2. The molecule has 0 radical (unpaired) electrons. The van der Waals surface area contributed by atoms with E-state index >= 15 is 0 Å². The lowest BCUT2D eigenvalue weighted by molar-refractivity contribution is 0.747. The Balaban J connectivity index is 2.14. The smallest absolute Gasteiger partial charge is 0.0734 e. The Kier molecular flexibility index (Phi) is 3.67. The third-order valence-corrected chi connectivity index (χ3v) is 2.58. The Labute approximate surface area is 96.0 Å². The molecule has 0 fully saturated rings. The van der Waals surface area contributed by atoms with Crippen LogP contribution in [0.4, 0.5) is 0 Å². The van der Waals surface area contributed by atoms with Crippen LogP contribution in [-0.4, -0.2) is 18.1 Å². The standard InChI is InChI=1S/C14H16N2/c1-2-9-15-11-8-13-6-3-5-12-7-4-10-16-14(12)13/h2-7,10,15H,1,8-9,11H2. The molecule has 1 N–H and O–H groups in total. The van der Waals surface area contributed by atoms with E-state index in [0.717, 1.165) is 25.0 Å². The Hall–Kier alpha value is -1.67. The molecule has 2 aromatic rings. The van der Waals surface area contributed by atoms with Crippen LogP contribution in [0.3, 0.4) is 0 Å². The van der Waals surface area contributed by atoms with Gasteiger partial charge in [0.05, 0.1) is 5.52 Å². The van der Waals surface area contributed by atoms with E-state index in [1.807, 2.05) is 18.3 Å². The summed E-state index contributed by atoms with van der Waals surface area (Å²) in [6.45, 7) is 5.50. The summed E-state index contributed by atoms with van der Waals surface area (Å²) in [5, 5.41) is 4.51. The minimum Gasteiger partial charge on any atom is -0.313 e. The number of rotatable bonds is 5. The lowest BCUT2D eigenvalue weighted by Gasteiger charge is -2.05. The van der Waals surface area contributed by atoms with Crippen molar-refractivity contribution in [1.82, 2.24) is 10.3 Å². The van der Waals surface area contributed by atoms with Crippen LogP contribution in [0.15, 0.2) is 49.2 Å². The lowest BCUT2D eigenvalue weighted by atomic mass is 10.1. The molecule has 0 aliphatic heterocycles. The van der Waals surface area contributed by atoms with Crippen molar-refractivity contribution in [2.75, 3.05) is 13.1 Å². The van der Waals surface area contributed by atoms with Gasteiger partial charge in [-0.25, -0.2) is 0 Å². The van der Waals surface area contributed by atoms with Gasteiger partial charge in [-0.1, -0.05) is 30.3 Å². The molecular weight excluding hydrogens is 196 g/mol. The predicted octanol–water partition coefficient (Wildman–Crippen LogP) is 2.55. The van der Waals surface area contributed by atoms with Crippen molar-refractivity contribution in [2.45, 2.75) is 6.42 Å². The van der Waals surface area contributed by atoms with Crippen molar-refractivity contribution in [2.24, 2.45) is 0 Å². The van der Waals surface area contributed by atoms with Gasteiger partial charge < -0.3 is 5.32 Å². The van der Waals surface area contributed by atoms with Crippen LogP contribution < -0.4 is 5.32 Å². The van der Waals surface area contributed by atoms with Crippen molar-refractivity contribution < 1.29 is 0 Å². The maximum Gasteiger partial charge on any atom is 0.0734 e. The molecule has 0 unspecified atom stereocenters. The molecule has 1 aromatic carbocycles. The van der Waals surface area contributed by atoms with Gasteiger partial charge in [-0.2, -0.15) is 0 Å². The van der Waals surface area contributed by atoms with Gasteiger partial charge in [-0.05, 0) is 24.6 Å². The molecule has 0 atom stereocenters. The SMILES string of the molecule is C=CCNCCc1cccc2cccnc12. The maximum absolute atomic E-state index is 4.43. The topological polar surface area (TPSA) is 24.9 Å². The highest BCUT2D eigenvalue weighted by molar-refractivity contribution is 5.81. The quantitative estimate of drug-likeness (QED) is 0.608. The average molecular weight is 212 g/mol. The van der Waals surface area contributed by atoms with Gasteiger partial charge in [-0.3, -0.25) is 4.98 Å². The molecule has 1 aromatic heterocycles. The summed E-state index contributed by atoms with van der Waals surface area (Å²) in [4.78, 5) is 4.43. The van der Waals surface area contributed by atoms with E-state index in [2.05, 4.69) is 41.1 Å². The highest BCUT2D eigenvalue weighted by atomic mass is 14.8. The van der Waals surface area contributed by atoms with Gasteiger partial charge in [-0.15, -0.1) is 6.58 Å². The summed E-state index contributed by atoms with van der Waals surface area (Å²) < 4.78 is 0. The first-order valence-electron chi connectivity index (χ1n) is 5.56. The minimum absolute atomic E-state index is 0.859. The second kappa shape index (κ2) is 5.42. The zero-order valence-corrected chi connectivity index (χ0v) is 9.32. The molecule has 0 bridgehead atoms. The zero-order valence-electron chi connectivity index (χ0n) is 9.32. The number of nitrogens with one attached hydrogen (secondary N) is 1. The van der Waals surface area contributed by atoms with Gasteiger partial charge in [0.2, 0.25) is 0 Å². The number of hydrogen-bond acceptors (Lipinski definition) is 2. The number of pyridine rings is 1. The lowest BCUT2D eigenvalue weighted by Crippen LogP contribution is -2.16. The van der Waals surface area contributed by atoms with E-state index in [9.17, 15) is 0 Å². The van der Waals surface area contributed by atoms with Gasteiger partial charge in [0.15, 0.2) is 0 Å². The van der Waals surface area contributed by atoms with Crippen molar-refractivity contribution in [3.63, 3.8) is 0 Å². The number of aromatic nitrogens is 1. The van der Waals surface area contributed by atoms with Gasteiger partial charge in [0.25, 0.3) is 0 Å². The van der Waals surface area contributed by atoms with Crippen molar-refractivity contribution in [3.05, 3.63) is 54.7 Å². The van der Waals surface area contributed by atoms with Crippen LogP contribution >= 0.6 is 0 Å². The van der Waals surface area contributed by atoms with Crippen molar-refractivity contribution in [3.8, 4) is 0 Å². The number of hydrogen-bond donors (Lipinski definition) is 1. The minimum atomic E-state index is 0.859. The first-order chi connectivity index (χ1) is 7.92. The van der Waals surface area contributed by atoms with E-state index in [0.29, 0.717) is 0 Å². The molecule has 0 aliphatic rings. The fraction of sp³-hybridized carbons (Fsp3) is 0.214. The third-order valence-electron chi connectivity index (χ3n) is 2.58. The Morgan fingerprint density at radius 3 is 3.00 bits per heavy atom. The molecule has 0 aliphatic carbocycles. The maximum atomic E-state index is 4.43. The summed E-state index contributed by atoms with van der Waals surface area (Å²) in [6, 6.07) is 10.4. The summed E-state index contributed by atoms with van der Waals surface area (Å²) >= 11 is 0. The first-order valence-corrected chi connectivity index (χ1v) is 5.56. The van der Waals surface area contributed by atoms with Gasteiger partial charge >= 0.3 is 0 Å². The van der Waals surface area contributed by atoms with E-state index in [-0.39, 0.29) is 0 Å². The Morgan fingerprint density at radius 2 is 2.12 bits per heavy atom. The molecular formula is C14H16N2. The first kappa shape index (κ1) is 10.8. The Morgan fingerprint density at radius 1 is 1.25 bits per heavy atom. The molecule has 0 spiro atoms. The van der Waals surface area contributed by atoms with E-state index in [1.54, 1.807) is 0 Å². The molecule has 1 heterocycles. The van der Waals surface area contributed by atoms with Crippen LogP contribution in [0, 0.1) is 0 Å². The average Bonchev–Trinajstić information content (AvgIpc) is 2.35. The molecule has 2 nitrogen and oxygen atoms in total. The monoisotopic (exact) mass is 212 g/mol. The van der Waals surface area contributed by atoms with Crippen LogP contribution in [0.1, 0.15) is 5.56 Å². The number of nitrogens with zero attached hydrogens (tertiary/aromatic N) is 1. The van der Waals surface area contributed by atoms with Crippen LogP contribution in [0.2, 0.25) is 0 Å². The molecule has 2 heteroatoms. The molecule has 16 heavy (non-hydrogen) atoms. The van der Waals surface area contributed by atoms with Crippen molar-refractivity contribution in [1.29, 1.82) is 0 Å². The largest absolute Gasteiger partial charge is 0.313 e. The molecule has 0 saturated heterocycles. The predicted molar refractivity (Wildman–Crippen MR) is 68.5 cm³/mol. The third kappa shape index (κ3) is 2.47. The Bertz CT molecular complexity index is 472. The second-order valence-electron chi connectivity index (χ2n) is 3.74. The number of fused-ring (bicyclic) bond motifs is 1. The van der Waals surface area contributed by atoms with Crippen LogP contribution in [0.5, 0.6) is 0 Å². The summed E-state index contributed by atoms with van der Waals surface area (Å²) in [5.74, 6) is 0. The molecule has 0 saturated carbocycles. The van der Waals surface area contributed by atoms with E-state index in [4.69, 9.17) is 0 Å². The highest BCUT2D eigenvalue weighted by Gasteiger charge is 2.00. The number of benzene rings is 1. The van der Waals surface area contributed by atoms with Gasteiger partial charge in [0.1, 0.15) is 0 Å². The molecule has 82 valence electrons.